The van der Waals surface area contributed by atoms with Crippen LogP contribution in [0.25, 0.3) is 0 Å². The number of benzene rings is 1. The van der Waals surface area contributed by atoms with E-state index in [-0.39, 0.29) is 11.9 Å². The van der Waals surface area contributed by atoms with Gasteiger partial charge in [0.25, 0.3) is 5.91 Å². The summed E-state index contributed by atoms with van der Waals surface area (Å²) >= 11 is 0. The predicted octanol–water partition coefficient (Wildman–Crippen LogP) is -0.124. The smallest absolute Gasteiger partial charge is 0.251 e. The van der Waals surface area contributed by atoms with Crippen molar-refractivity contribution in [3.63, 3.8) is 0 Å². The van der Waals surface area contributed by atoms with E-state index in [4.69, 9.17) is 5.73 Å². The van der Waals surface area contributed by atoms with Crippen molar-refractivity contribution >= 4 is 24.3 Å². The quantitative estimate of drug-likeness (QED) is 0.441. The Hall–Kier alpha value is -2.37. The fourth-order valence-corrected chi connectivity index (χ4v) is 1.74. The van der Waals surface area contributed by atoms with Crippen molar-refractivity contribution in [2.45, 2.75) is 6.04 Å². The van der Waals surface area contributed by atoms with E-state index in [1.54, 1.807) is 29.2 Å². The minimum atomic E-state index is -0.145. The number of nitrogens with zero attached hydrogens (tertiary/aromatic N) is 2. The van der Waals surface area contributed by atoms with Gasteiger partial charge in [0.1, 0.15) is 0 Å². The summed E-state index contributed by atoms with van der Waals surface area (Å²) in [6, 6.07) is 6.86. The number of hydrogen-bond donors (Lipinski definition) is 2. The van der Waals surface area contributed by atoms with Gasteiger partial charge in [-0.15, -0.1) is 0 Å². The molecule has 1 heterocycles. The van der Waals surface area contributed by atoms with E-state index >= 15 is 0 Å². The number of aliphatic imine (C=N–C) groups is 1. The molecular formula is C12H14N4O2. The molecule has 2 rings (SSSR count). The Morgan fingerprint density at radius 3 is 2.61 bits per heavy atom. The third-order valence-electron chi connectivity index (χ3n) is 2.75. The second kappa shape index (κ2) is 5.31. The standard InChI is InChI=1S/C12H14N4O2/c13-7-14-10-3-1-9(2-4-10)12(18)15-11-5-16(6-11)8-17/h1-4,7-8,11H,5-6H2,(H2,13,14)(H,15,18). The SMILES string of the molecule is NC=Nc1ccc(C(=O)NC2CN(C=O)C2)cc1. The molecule has 1 aliphatic rings. The van der Waals surface area contributed by atoms with Gasteiger partial charge in [-0.2, -0.15) is 0 Å². The van der Waals surface area contributed by atoms with E-state index in [2.05, 4.69) is 10.3 Å². The molecule has 6 nitrogen and oxygen atoms in total. The molecule has 0 atom stereocenters. The molecule has 1 saturated heterocycles. The normalized spacial score (nSPS) is 15.4. The molecule has 94 valence electrons. The van der Waals surface area contributed by atoms with Crippen LogP contribution in [-0.4, -0.2) is 42.7 Å². The molecule has 2 amide bonds. The summed E-state index contributed by atoms with van der Waals surface area (Å²) in [6.45, 7) is 1.15. The van der Waals surface area contributed by atoms with Gasteiger partial charge < -0.3 is 16.0 Å². The van der Waals surface area contributed by atoms with Gasteiger partial charge in [-0.3, -0.25) is 9.59 Å². The fourth-order valence-electron chi connectivity index (χ4n) is 1.74. The summed E-state index contributed by atoms with van der Waals surface area (Å²) in [4.78, 5) is 27.7. The maximum Gasteiger partial charge on any atom is 0.251 e. The van der Waals surface area contributed by atoms with Crippen molar-refractivity contribution < 1.29 is 9.59 Å². The molecule has 1 aliphatic heterocycles. The number of nitrogens with one attached hydrogen (secondary N) is 1. The van der Waals surface area contributed by atoms with Gasteiger partial charge in [-0.05, 0) is 24.3 Å². The second-order valence-electron chi connectivity index (χ2n) is 4.05. The van der Waals surface area contributed by atoms with Gasteiger partial charge in [0.05, 0.1) is 18.1 Å². The Kier molecular flexibility index (Phi) is 3.57. The van der Waals surface area contributed by atoms with Crippen LogP contribution in [0.2, 0.25) is 0 Å². The number of nitrogens with two attached hydrogens (primary N) is 1. The third-order valence-corrected chi connectivity index (χ3v) is 2.75. The van der Waals surface area contributed by atoms with Crippen LogP contribution < -0.4 is 11.1 Å². The first-order chi connectivity index (χ1) is 8.72. The number of carbonyl (C=O) groups is 2. The van der Waals surface area contributed by atoms with Gasteiger partial charge >= 0.3 is 0 Å². The van der Waals surface area contributed by atoms with Crippen LogP contribution >= 0.6 is 0 Å². The molecule has 3 N–H and O–H groups in total. The highest BCUT2D eigenvalue weighted by Gasteiger charge is 2.26. The molecule has 0 saturated carbocycles. The predicted molar refractivity (Wildman–Crippen MR) is 67.7 cm³/mol. The van der Waals surface area contributed by atoms with Crippen molar-refractivity contribution in [1.82, 2.24) is 10.2 Å². The summed E-state index contributed by atoms with van der Waals surface area (Å²) in [7, 11) is 0. The number of amides is 2. The second-order valence-corrected chi connectivity index (χ2v) is 4.05. The minimum absolute atomic E-state index is 0.0458. The number of likely N-dealkylation sites (tertiary alicyclic amines) is 1. The zero-order chi connectivity index (χ0) is 13.0. The Balaban J connectivity index is 1.91. The Bertz CT molecular complexity index is 463. The highest BCUT2D eigenvalue weighted by atomic mass is 16.2. The molecule has 6 heteroatoms. The van der Waals surface area contributed by atoms with Crippen LogP contribution in [0.3, 0.4) is 0 Å². The lowest BCUT2D eigenvalue weighted by molar-refractivity contribution is -0.122. The Labute approximate surface area is 104 Å². The van der Waals surface area contributed by atoms with Crippen molar-refractivity contribution in [3.05, 3.63) is 29.8 Å². The molecule has 18 heavy (non-hydrogen) atoms. The minimum Gasteiger partial charge on any atom is -0.390 e. The highest BCUT2D eigenvalue weighted by Crippen LogP contribution is 2.13. The molecule has 0 unspecified atom stereocenters. The first-order valence-electron chi connectivity index (χ1n) is 5.57. The van der Waals surface area contributed by atoms with Gasteiger partial charge in [-0.25, -0.2) is 4.99 Å². The van der Waals surface area contributed by atoms with Gasteiger partial charge in [0.15, 0.2) is 0 Å². The molecule has 1 aromatic rings. The monoisotopic (exact) mass is 246 g/mol. The zero-order valence-electron chi connectivity index (χ0n) is 9.74. The van der Waals surface area contributed by atoms with Crippen molar-refractivity contribution in [2.24, 2.45) is 10.7 Å². The molecule has 1 fully saturated rings. The molecule has 0 radical (unpaired) electrons. The molecule has 0 aliphatic carbocycles. The van der Waals surface area contributed by atoms with Crippen LogP contribution in [0.15, 0.2) is 29.3 Å². The van der Waals surface area contributed by atoms with E-state index in [1.807, 2.05) is 0 Å². The average molecular weight is 246 g/mol. The van der Waals surface area contributed by atoms with Crippen LogP contribution in [0.4, 0.5) is 5.69 Å². The summed E-state index contributed by atoms with van der Waals surface area (Å²) in [5.41, 5.74) is 6.44. The molecule has 1 aromatic carbocycles. The Morgan fingerprint density at radius 1 is 1.39 bits per heavy atom. The van der Waals surface area contributed by atoms with Crippen LogP contribution in [-0.2, 0) is 4.79 Å². The van der Waals surface area contributed by atoms with Gasteiger partial charge in [0, 0.05) is 18.7 Å². The first-order valence-corrected chi connectivity index (χ1v) is 5.57. The van der Waals surface area contributed by atoms with E-state index in [0.29, 0.717) is 24.3 Å². The van der Waals surface area contributed by atoms with Gasteiger partial charge in [-0.1, -0.05) is 0 Å². The van der Waals surface area contributed by atoms with Crippen LogP contribution in [0, 0.1) is 0 Å². The summed E-state index contributed by atoms with van der Waals surface area (Å²) in [5.74, 6) is -0.145. The lowest BCUT2D eigenvalue weighted by atomic mass is 10.1. The van der Waals surface area contributed by atoms with E-state index < -0.39 is 0 Å². The molecule has 0 bridgehead atoms. The third kappa shape index (κ3) is 2.65. The lowest BCUT2D eigenvalue weighted by Gasteiger charge is -2.36. The van der Waals surface area contributed by atoms with E-state index in [1.165, 1.54) is 6.34 Å². The maximum absolute atomic E-state index is 11.8. The molecule has 0 aromatic heterocycles. The van der Waals surface area contributed by atoms with E-state index in [9.17, 15) is 9.59 Å². The molecule has 0 spiro atoms. The fraction of sp³-hybridized carbons (Fsp3) is 0.250. The number of rotatable bonds is 4. The molecular weight excluding hydrogens is 232 g/mol. The van der Waals surface area contributed by atoms with Crippen LogP contribution in [0.5, 0.6) is 0 Å². The average Bonchev–Trinajstić information content (AvgIpc) is 2.34. The number of hydrogen-bond acceptors (Lipinski definition) is 3. The Morgan fingerprint density at radius 2 is 2.06 bits per heavy atom. The topological polar surface area (TPSA) is 87.8 Å². The van der Waals surface area contributed by atoms with Crippen molar-refractivity contribution in [2.75, 3.05) is 13.1 Å². The summed E-state index contributed by atoms with van der Waals surface area (Å²) in [5, 5.41) is 2.85. The maximum atomic E-state index is 11.8. The lowest BCUT2D eigenvalue weighted by Crippen LogP contribution is -2.58. The first kappa shape index (κ1) is 12.1. The largest absolute Gasteiger partial charge is 0.390 e. The summed E-state index contributed by atoms with van der Waals surface area (Å²) < 4.78 is 0. The van der Waals surface area contributed by atoms with Crippen molar-refractivity contribution in [1.29, 1.82) is 0 Å². The zero-order valence-corrected chi connectivity index (χ0v) is 9.74. The van der Waals surface area contributed by atoms with Crippen molar-refractivity contribution in [3.8, 4) is 0 Å². The number of carbonyl (C=O) groups excluding carboxylic acids is 2. The summed E-state index contributed by atoms with van der Waals surface area (Å²) in [6.07, 6.45) is 1.99. The van der Waals surface area contributed by atoms with Gasteiger partial charge in [0.2, 0.25) is 6.41 Å². The van der Waals surface area contributed by atoms with E-state index in [0.717, 1.165) is 6.41 Å². The highest BCUT2D eigenvalue weighted by molar-refractivity contribution is 5.94. The van der Waals surface area contributed by atoms with Crippen LogP contribution in [0.1, 0.15) is 10.4 Å².